The van der Waals surface area contributed by atoms with Crippen molar-refractivity contribution < 1.29 is 14.3 Å². The molecule has 4 rings (SSSR count). The molecule has 1 amide bonds. The number of carbonyl (C=O) groups excluding carboxylic acids is 1. The smallest absolute Gasteiger partial charge is 0.233 e. The van der Waals surface area contributed by atoms with E-state index < -0.39 is 0 Å². The summed E-state index contributed by atoms with van der Waals surface area (Å²) in [6.45, 7) is 2.42. The molecule has 180 valence electrons. The van der Waals surface area contributed by atoms with Crippen LogP contribution in [0.1, 0.15) is 12.5 Å². The number of hydrogen-bond donors (Lipinski definition) is 2. The number of aromatic nitrogens is 2. The maximum Gasteiger partial charge on any atom is 0.233 e. The minimum atomic E-state index is -0.307. The highest BCUT2D eigenvalue weighted by molar-refractivity contribution is 8.00. The first-order valence-corrected chi connectivity index (χ1v) is 12.3. The lowest BCUT2D eigenvalue weighted by Crippen LogP contribution is -2.32. The maximum atomic E-state index is 12.8. The first kappa shape index (κ1) is 24.4. The Morgan fingerprint density at radius 2 is 1.60 bits per heavy atom. The molecule has 4 aromatic rings. The van der Waals surface area contributed by atoms with E-state index in [1.807, 2.05) is 73.7 Å². The van der Waals surface area contributed by atoms with E-state index >= 15 is 0 Å². The number of amides is 1. The highest BCUT2D eigenvalue weighted by atomic mass is 32.2. The van der Waals surface area contributed by atoms with Crippen molar-refractivity contribution in [1.29, 1.82) is 0 Å². The molecule has 0 unspecified atom stereocenters. The van der Waals surface area contributed by atoms with Crippen molar-refractivity contribution in [2.75, 3.05) is 20.8 Å². The zero-order valence-electron chi connectivity index (χ0n) is 20.1. The largest absolute Gasteiger partial charge is 0.493 e. The first-order chi connectivity index (χ1) is 17.1. The van der Waals surface area contributed by atoms with Gasteiger partial charge in [-0.25, -0.2) is 4.98 Å². The van der Waals surface area contributed by atoms with Crippen LogP contribution in [0.3, 0.4) is 0 Å². The van der Waals surface area contributed by atoms with Crippen molar-refractivity contribution in [3.8, 4) is 34.0 Å². The van der Waals surface area contributed by atoms with Crippen molar-refractivity contribution in [2.24, 2.45) is 0 Å². The van der Waals surface area contributed by atoms with E-state index in [0.717, 1.165) is 28.1 Å². The van der Waals surface area contributed by atoms with Gasteiger partial charge in [0.2, 0.25) is 5.91 Å². The van der Waals surface area contributed by atoms with Gasteiger partial charge in [-0.3, -0.25) is 4.79 Å². The lowest BCUT2D eigenvalue weighted by molar-refractivity contribution is -0.120. The van der Waals surface area contributed by atoms with Gasteiger partial charge in [0.15, 0.2) is 16.7 Å². The summed E-state index contributed by atoms with van der Waals surface area (Å²) in [4.78, 5) is 21.1. The summed E-state index contributed by atoms with van der Waals surface area (Å²) in [7, 11) is 3.23. The fraction of sp³-hybridized carbons (Fsp3) is 0.214. The van der Waals surface area contributed by atoms with E-state index in [9.17, 15) is 4.79 Å². The monoisotopic (exact) mass is 487 g/mol. The second kappa shape index (κ2) is 11.6. The summed E-state index contributed by atoms with van der Waals surface area (Å²) in [5.74, 6) is 1.34. The van der Waals surface area contributed by atoms with Gasteiger partial charge in [-0.2, -0.15) is 0 Å². The van der Waals surface area contributed by atoms with E-state index in [4.69, 9.17) is 14.5 Å². The number of H-pyrrole nitrogens is 1. The van der Waals surface area contributed by atoms with E-state index in [-0.39, 0.29) is 11.2 Å². The number of hydrogen-bond acceptors (Lipinski definition) is 5. The second-order valence-electron chi connectivity index (χ2n) is 7.99. The quantitative estimate of drug-likeness (QED) is 0.285. The summed E-state index contributed by atoms with van der Waals surface area (Å²) >= 11 is 1.42. The molecular formula is C28H29N3O3S. The van der Waals surface area contributed by atoms with Crippen LogP contribution in [0.2, 0.25) is 0 Å². The first-order valence-electron chi connectivity index (χ1n) is 11.4. The lowest BCUT2D eigenvalue weighted by atomic mass is 10.1. The van der Waals surface area contributed by atoms with E-state index in [1.54, 1.807) is 14.2 Å². The van der Waals surface area contributed by atoms with E-state index in [2.05, 4.69) is 22.4 Å². The average Bonchev–Trinajstić information content (AvgIpc) is 3.33. The highest BCUT2D eigenvalue weighted by Gasteiger charge is 2.19. The summed E-state index contributed by atoms with van der Waals surface area (Å²) in [5.41, 5.74) is 4.97. The van der Waals surface area contributed by atoms with E-state index in [0.29, 0.717) is 29.6 Å². The Morgan fingerprint density at radius 3 is 2.26 bits per heavy atom. The Morgan fingerprint density at radius 1 is 0.943 bits per heavy atom. The van der Waals surface area contributed by atoms with Crippen LogP contribution < -0.4 is 14.8 Å². The zero-order valence-corrected chi connectivity index (χ0v) is 20.9. The summed E-state index contributed by atoms with van der Waals surface area (Å²) < 4.78 is 10.6. The van der Waals surface area contributed by atoms with Gasteiger partial charge in [-0.1, -0.05) is 78.5 Å². The number of rotatable bonds is 10. The molecule has 1 heterocycles. The molecule has 0 aliphatic rings. The Hall–Kier alpha value is -3.71. The number of imidazole rings is 1. The predicted molar refractivity (Wildman–Crippen MR) is 141 cm³/mol. The van der Waals surface area contributed by atoms with E-state index in [1.165, 1.54) is 11.8 Å². The Labute approximate surface area is 210 Å². The topological polar surface area (TPSA) is 76.2 Å². The third kappa shape index (κ3) is 6.05. The molecular weight excluding hydrogens is 458 g/mol. The molecule has 0 bridgehead atoms. The molecule has 2 N–H and O–H groups in total. The van der Waals surface area contributed by atoms with Crippen LogP contribution in [0, 0.1) is 0 Å². The fourth-order valence-corrected chi connectivity index (χ4v) is 4.59. The maximum absolute atomic E-state index is 12.8. The summed E-state index contributed by atoms with van der Waals surface area (Å²) in [6.07, 6.45) is 0.695. The molecule has 35 heavy (non-hydrogen) atoms. The van der Waals surface area contributed by atoms with Gasteiger partial charge in [-0.15, -0.1) is 0 Å². The van der Waals surface area contributed by atoms with Crippen LogP contribution in [-0.2, 0) is 11.2 Å². The van der Waals surface area contributed by atoms with Crippen LogP contribution in [-0.4, -0.2) is 41.9 Å². The standard InChI is InChI=1S/C28H29N3O3S/c1-19(27(32)29-17-16-20-14-15-23(33-2)24(18-20)34-3)35-28-30-25(21-10-6-4-7-11-21)26(31-28)22-12-8-5-9-13-22/h4-15,18-19H,16-17H2,1-3H3,(H,29,32)(H,30,31)/t19-/m1/s1. The summed E-state index contributed by atoms with van der Waals surface area (Å²) in [5, 5.41) is 3.44. The molecule has 0 saturated heterocycles. The number of thioether (sulfide) groups is 1. The SMILES string of the molecule is COc1ccc(CCNC(=O)[C@@H](C)Sc2nc(-c3ccccc3)c(-c3ccccc3)[nH]2)cc1OC. The van der Waals surface area contributed by atoms with Gasteiger partial charge in [0.1, 0.15) is 0 Å². The molecule has 1 atom stereocenters. The fourth-order valence-electron chi connectivity index (χ4n) is 3.76. The van der Waals surface area contributed by atoms with Crippen LogP contribution in [0.25, 0.3) is 22.5 Å². The zero-order chi connectivity index (χ0) is 24.6. The highest BCUT2D eigenvalue weighted by Crippen LogP contribution is 2.33. The molecule has 6 nitrogen and oxygen atoms in total. The lowest BCUT2D eigenvalue weighted by Gasteiger charge is -2.12. The van der Waals surface area contributed by atoms with Gasteiger partial charge in [0.25, 0.3) is 0 Å². The van der Waals surface area contributed by atoms with Gasteiger partial charge >= 0.3 is 0 Å². The van der Waals surface area contributed by atoms with Gasteiger partial charge in [0.05, 0.1) is 30.9 Å². The average molecular weight is 488 g/mol. The van der Waals surface area contributed by atoms with Crippen molar-refractivity contribution in [3.05, 3.63) is 84.4 Å². The number of aromatic amines is 1. The molecule has 3 aromatic carbocycles. The van der Waals surface area contributed by atoms with Crippen molar-refractivity contribution in [1.82, 2.24) is 15.3 Å². The Bertz CT molecular complexity index is 1200. The molecule has 0 aliphatic heterocycles. The van der Waals surface area contributed by atoms with Crippen molar-refractivity contribution in [3.63, 3.8) is 0 Å². The Kier molecular flexibility index (Phi) is 8.11. The third-order valence-corrected chi connectivity index (χ3v) is 6.59. The Balaban J connectivity index is 1.41. The molecule has 0 fully saturated rings. The number of ether oxygens (including phenoxy) is 2. The van der Waals surface area contributed by atoms with Crippen molar-refractivity contribution in [2.45, 2.75) is 23.8 Å². The third-order valence-electron chi connectivity index (χ3n) is 5.61. The number of nitrogens with one attached hydrogen (secondary N) is 2. The van der Waals surface area contributed by atoms with Gasteiger partial charge in [0, 0.05) is 17.7 Å². The normalized spacial score (nSPS) is 11.6. The number of carbonyl (C=O) groups is 1. The summed E-state index contributed by atoms with van der Waals surface area (Å²) in [6, 6.07) is 26.0. The number of methoxy groups -OCH3 is 2. The van der Waals surface area contributed by atoms with Gasteiger partial charge in [-0.05, 0) is 31.0 Å². The minimum absolute atomic E-state index is 0.0330. The number of nitrogens with zero attached hydrogens (tertiary/aromatic N) is 1. The van der Waals surface area contributed by atoms with Crippen LogP contribution in [0.15, 0.2) is 84.0 Å². The molecule has 0 saturated carbocycles. The molecule has 7 heteroatoms. The second-order valence-corrected chi connectivity index (χ2v) is 9.32. The molecule has 0 radical (unpaired) electrons. The molecule has 0 spiro atoms. The van der Waals surface area contributed by atoms with Crippen molar-refractivity contribution >= 4 is 17.7 Å². The van der Waals surface area contributed by atoms with Gasteiger partial charge < -0.3 is 19.8 Å². The van der Waals surface area contributed by atoms with Crippen LogP contribution in [0.5, 0.6) is 11.5 Å². The molecule has 0 aliphatic carbocycles. The minimum Gasteiger partial charge on any atom is -0.493 e. The predicted octanol–water partition coefficient (Wildman–Crippen LogP) is 5.60. The van der Waals surface area contributed by atoms with Crippen LogP contribution in [0.4, 0.5) is 0 Å². The number of benzene rings is 3. The van der Waals surface area contributed by atoms with Crippen LogP contribution >= 0.6 is 11.8 Å². The molecule has 1 aromatic heterocycles.